The summed E-state index contributed by atoms with van der Waals surface area (Å²) in [7, 11) is 0. The Morgan fingerprint density at radius 2 is 1.95 bits per heavy atom. The Bertz CT molecular complexity index is 406. The second-order valence-electron chi connectivity index (χ2n) is 6.23. The Morgan fingerprint density at radius 3 is 2.45 bits per heavy atom. The van der Waals surface area contributed by atoms with Gasteiger partial charge in [-0.25, -0.2) is 4.99 Å². The Hall–Kier alpha value is -1.32. The molecule has 0 bridgehead atoms. The van der Waals surface area contributed by atoms with Crippen molar-refractivity contribution in [1.29, 1.82) is 0 Å². The van der Waals surface area contributed by atoms with Crippen molar-refractivity contribution in [2.24, 2.45) is 10.9 Å². The van der Waals surface area contributed by atoms with Gasteiger partial charge in [-0.3, -0.25) is 4.79 Å². The third kappa shape index (κ3) is 3.41. The molecule has 2 rings (SSSR count). The van der Waals surface area contributed by atoms with E-state index in [4.69, 9.17) is 0 Å². The molecule has 0 N–H and O–H groups in total. The van der Waals surface area contributed by atoms with Gasteiger partial charge in [-0.2, -0.15) is 0 Å². The minimum absolute atomic E-state index is 0.343. The molecule has 0 atom stereocenters. The van der Waals surface area contributed by atoms with Crippen LogP contribution in [0.1, 0.15) is 46.5 Å². The topological polar surface area (TPSA) is 35.9 Å². The molecule has 0 aromatic rings. The van der Waals surface area contributed by atoms with Gasteiger partial charge in [0.1, 0.15) is 5.82 Å². The lowest BCUT2D eigenvalue weighted by molar-refractivity contribution is -0.130. The first-order chi connectivity index (χ1) is 9.49. The van der Waals surface area contributed by atoms with E-state index in [1.807, 2.05) is 0 Å². The van der Waals surface area contributed by atoms with Crippen molar-refractivity contribution in [3.05, 3.63) is 12.4 Å². The van der Waals surface area contributed by atoms with Gasteiger partial charge in [0.05, 0.1) is 0 Å². The molecule has 0 aromatic carbocycles. The normalized spacial score (nSPS) is 22.0. The monoisotopic (exact) mass is 277 g/mol. The molecule has 0 unspecified atom stereocenters. The molecule has 2 saturated heterocycles. The molecule has 2 heterocycles. The highest BCUT2D eigenvalue weighted by atomic mass is 16.2. The lowest BCUT2D eigenvalue weighted by atomic mass is 10.0. The largest absolute Gasteiger partial charge is 0.357 e. The van der Waals surface area contributed by atoms with Crippen molar-refractivity contribution >= 4 is 11.6 Å². The fourth-order valence-corrected chi connectivity index (χ4v) is 2.89. The highest BCUT2D eigenvalue weighted by molar-refractivity contribution is 5.84. The summed E-state index contributed by atoms with van der Waals surface area (Å²) in [5, 5.41) is 0. The van der Waals surface area contributed by atoms with E-state index in [2.05, 4.69) is 42.1 Å². The van der Waals surface area contributed by atoms with Gasteiger partial charge < -0.3 is 9.80 Å². The summed E-state index contributed by atoms with van der Waals surface area (Å²) in [6.07, 6.45) is 3.86. The standard InChI is InChI=1S/C16H27N3O/c1-12(2)13(3)17-14(4)18-10-7-15(8-11-18)19-9-5-6-16(19)20/h12,15H,4-11H2,1-3H3/b17-13+. The molecular formula is C16H27N3O. The van der Waals surface area contributed by atoms with Gasteiger partial charge in [0, 0.05) is 37.8 Å². The number of hydrogen-bond acceptors (Lipinski definition) is 3. The van der Waals surface area contributed by atoms with Crippen molar-refractivity contribution in [2.75, 3.05) is 19.6 Å². The van der Waals surface area contributed by atoms with Crippen LogP contribution >= 0.6 is 0 Å². The zero-order chi connectivity index (χ0) is 14.7. The first kappa shape index (κ1) is 15.1. The van der Waals surface area contributed by atoms with Crippen LogP contribution in [0.4, 0.5) is 0 Å². The number of rotatable bonds is 4. The van der Waals surface area contributed by atoms with Gasteiger partial charge in [0.25, 0.3) is 0 Å². The van der Waals surface area contributed by atoms with Crippen molar-refractivity contribution in [3.8, 4) is 0 Å². The van der Waals surface area contributed by atoms with Crippen molar-refractivity contribution < 1.29 is 4.79 Å². The molecule has 0 spiro atoms. The second kappa shape index (κ2) is 6.42. The maximum Gasteiger partial charge on any atom is 0.222 e. The summed E-state index contributed by atoms with van der Waals surface area (Å²) in [6.45, 7) is 13.3. The fourth-order valence-electron chi connectivity index (χ4n) is 2.89. The molecular weight excluding hydrogens is 250 g/mol. The number of hydrogen-bond donors (Lipinski definition) is 0. The molecule has 4 nitrogen and oxygen atoms in total. The number of carbonyl (C=O) groups is 1. The zero-order valence-electron chi connectivity index (χ0n) is 13.1. The van der Waals surface area contributed by atoms with Crippen molar-refractivity contribution in [2.45, 2.75) is 52.5 Å². The van der Waals surface area contributed by atoms with Crippen LogP contribution in [-0.2, 0) is 4.79 Å². The molecule has 0 aliphatic carbocycles. The Labute approximate surface area is 122 Å². The minimum atomic E-state index is 0.343. The van der Waals surface area contributed by atoms with Crippen LogP contribution in [-0.4, -0.2) is 47.1 Å². The molecule has 2 fully saturated rings. The van der Waals surface area contributed by atoms with E-state index in [1.54, 1.807) is 0 Å². The SMILES string of the molecule is C=C(/N=C(\C)C(C)C)N1CCC(N2CCCC2=O)CC1. The Kier molecular flexibility index (Phi) is 4.84. The summed E-state index contributed by atoms with van der Waals surface area (Å²) in [5.41, 5.74) is 1.13. The minimum Gasteiger partial charge on any atom is -0.357 e. The van der Waals surface area contributed by atoms with Gasteiger partial charge >= 0.3 is 0 Å². The number of aliphatic imine (C=N–C) groups is 1. The van der Waals surface area contributed by atoms with E-state index in [1.165, 1.54) is 0 Å². The van der Waals surface area contributed by atoms with E-state index in [0.29, 0.717) is 17.9 Å². The highest BCUT2D eigenvalue weighted by Gasteiger charge is 2.30. The fraction of sp³-hybridized carbons (Fsp3) is 0.750. The summed E-state index contributed by atoms with van der Waals surface area (Å²) >= 11 is 0. The smallest absolute Gasteiger partial charge is 0.222 e. The number of amides is 1. The third-order valence-corrected chi connectivity index (χ3v) is 4.52. The van der Waals surface area contributed by atoms with Gasteiger partial charge in [-0.05, 0) is 32.1 Å². The molecule has 0 aromatic heterocycles. The van der Waals surface area contributed by atoms with Gasteiger partial charge in [-0.1, -0.05) is 20.4 Å². The summed E-state index contributed by atoms with van der Waals surface area (Å²) in [4.78, 5) is 20.7. The van der Waals surface area contributed by atoms with Crippen LogP contribution in [0.5, 0.6) is 0 Å². The number of likely N-dealkylation sites (tertiary alicyclic amines) is 2. The number of piperidine rings is 1. The van der Waals surface area contributed by atoms with Crippen LogP contribution in [0.2, 0.25) is 0 Å². The van der Waals surface area contributed by atoms with Crippen LogP contribution in [0, 0.1) is 5.92 Å². The molecule has 2 aliphatic rings. The van der Waals surface area contributed by atoms with Crippen LogP contribution in [0.3, 0.4) is 0 Å². The van der Waals surface area contributed by atoms with Crippen LogP contribution in [0.15, 0.2) is 17.4 Å². The molecule has 0 saturated carbocycles. The lowest BCUT2D eigenvalue weighted by Gasteiger charge is -2.37. The predicted octanol–water partition coefficient (Wildman–Crippen LogP) is 2.66. The number of nitrogens with zero attached hydrogens (tertiary/aromatic N) is 3. The highest BCUT2D eigenvalue weighted by Crippen LogP contribution is 2.24. The van der Waals surface area contributed by atoms with Crippen LogP contribution < -0.4 is 0 Å². The zero-order valence-corrected chi connectivity index (χ0v) is 13.1. The van der Waals surface area contributed by atoms with E-state index in [0.717, 1.165) is 56.9 Å². The van der Waals surface area contributed by atoms with E-state index in [-0.39, 0.29) is 0 Å². The molecule has 0 radical (unpaired) electrons. The molecule has 112 valence electrons. The average Bonchev–Trinajstić information content (AvgIpc) is 2.85. The molecule has 1 amide bonds. The van der Waals surface area contributed by atoms with Gasteiger partial charge in [-0.15, -0.1) is 0 Å². The van der Waals surface area contributed by atoms with E-state index in [9.17, 15) is 4.79 Å². The summed E-state index contributed by atoms with van der Waals surface area (Å²) in [5.74, 6) is 1.69. The quantitative estimate of drug-likeness (QED) is 0.741. The molecule has 2 aliphatic heterocycles. The molecule has 4 heteroatoms. The lowest BCUT2D eigenvalue weighted by Crippen LogP contribution is -2.44. The van der Waals surface area contributed by atoms with Crippen molar-refractivity contribution in [3.63, 3.8) is 0 Å². The number of carbonyl (C=O) groups excluding carboxylic acids is 1. The Morgan fingerprint density at radius 1 is 1.30 bits per heavy atom. The summed E-state index contributed by atoms with van der Waals surface area (Å²) < 4.78 is 0. The Balaban J connectivity index is 1.86. The van der Waals surface area contributed by atoms with Crippen LogP contribution in [0.25, 0.3) is 0 Å². The first-order valence-corrected chi connectivity index (χ1v) is 7.77. The summed E-state index contributed by atoms with van der Waals surface area (Å²) in [6, 6.07) is 0.434. The van der Waals surface area contributed by atoms with Gasteiger partial charge in [0.15, 0.2) is 0 Å². The molecule has 20 heavy (non-hydrogen) atoms. The second-order valence-corrected chi connectivity index (χ2v) is 6.23. The average molecular weight is 277 g/mol. The van der Waals surface area contributed by atoms with Gasteiger partial charge in [0.2, 0.25) is 5.91 Å². The third-order valence-electron chi connectivity index (χ3n) is 4.52. The first-order valence-electron chi connectivity index (χ1n) is 7.77. The van der Waals surface area contributed by atoms with Crippen molar-refractivity contribution in [1.82, 2.24) is 9.80 Å². The maximum atomic E-state index is 11.8. The van der Waals surface area contributed by atoms with E-state index < -0.39 is 0 Å². The predicted molar refractivity (Wildman–Crippen MR) is 82.6 cm³/mol. The van der Waals surface area contributed by atoms with E-state index >= 15 is 0 Å². The maximum absolute atomic E-state index is 11.8.